The molecule has 3 heterocycles. The minimum atomic E-state index is -0.452. The van der Waals surface area contributed by atoms with Gasteiger partial charge in [0.25, 0.3) is 5.91 Å². The van der Waals surface area contributed by atoms with Gasteiger partial charge in [-0.05, 0) is 44.2 Å². The second-order valence-electron chi connectivity index (χ2n) is 8.01. The topological polar surface area (TPSA) is 110 Å². The Bertz CT molecular complexity index is 929. The number of amides is 2. The number of nitrogens with one attached hydrogen (secondary N) is 1. The molecule has 2 fully saturated rings. The Morgan fingerprint density at radius 1 is 1.41 bits per heavy atom. The number of aromatic nitrogens is 3. The molecule has 1 aliphatic carbocycles. The third kappa shape index (κ3) is 3.50. The van der Waals surface area contributed by atoms with Gasteiger partial charge in [-0.15, -0.1) is 0 Å². The fraction of sp³-hybridized carbons (Fsp3) is 0.550. The number of fused-ring (bicyclic) bond motifs is 1. The predicted molar refractivity (Wildman–Crippen MR) is 102 cm³/mol. The van der Waals surface area contributed by atoms with Crippen molar-refractivity contribution in [3.05, 3.63) is 41.3 Å². The molecule has 2 aromatic rings. The van der Waals surface area contributed by atoms with E-state index in [1.165, 1.54) is 7.11 Å². The number of hydrogen-bond acceptors (Lipinski definition) is 7. The van der Waals surface area contributed by atoms with Gasteiger partial charge in [-0.2, -0.15) is 4.98 Å². The van der Waals surface area contributed by atoms with E-state index >= 15 is 0 Å². The van der Waals surface area contributed by atoms with Gasteiger partial charge in [-0.25, -0.2) is 0 Å². The minimum Gasteiger partial charge on any atom is -0.375 e. The van der Waals surface area contributed by atoms with Crippen LogP contribution in [-0.4, -0.2) is 64.7 Å². The van der Waals surface area contributed by atoms with Crippen LogP contribution in [0.25, 0.3) is 0 Å². The van der Waals surface area contributed by atoms with E-state index < -0.39 is 5.41 Å². The molecule has 2 amide bonds. The number of hydrogen-bond donors (Lipinski definition) is 1. The Hall–Kier alpha value is -2.81. The standard InChI is InChI=1S/C20H25N5O4/c1-12-4-5-21-8-16(12)18(27)23-15-6-14-9-25(17(26)10-28-3)11-20(14,7-15)19-22-13(2)24-29-19/h4-5,8,14-15H,6-7,9-11H2,1-3H3,(H,23,27)/t14?,15-,20+/m1/s1. The number of rotatable bonds is 5. The molecule has 2 aliphatic rings. The zero-order valence-electron chi connectivity index (χ0n) is 16.8. The third-order valence-electron chi connectivity index (χ3n) is 6.07. The lowest BCUT2D eigenvalue weighted by Gasteiger charge is -2.25. The van der Waals surface area contributed by atoms with Crippen molar-refractivity contribution in [1.29, 1.82) is 0 Å². The fourth-order valence-corrected chi connectivity index (χ4v) is 4.68. The number of carbonyl (C=O) groups excluding carboxylic acids is 2. The molecule has 9 nitrogen and oxygen atoms in total. The zero-order chi connectivity index (χ0) is 20.6. The Kier molecular flexibility index (Phi) is 5.08. The smallest absolute Gasteiger partial charge is 0.253 e. The maximum atomic E-state index is 12.8. The normalized spacial score (nSPS) is 25.8. The van der Waals surface area contributed by atoms with Gasteiger partial charge in [0.2, 0.25) is 11.8 Å². The van der Waals surface area contributed by atoms with Crippen molar-refractivity contribution in [3.8, 4) is 0 Å². The van der Waals surface area contributed by atoms with Crippen LogP contribution in [-0.2, 0) is 14.9 Å². The lowest BCUT2D eigenvalue weighted by molar-refractivity contribution is -0.134. The third-order valence-corrected chi connectivity index (χ3v) is 6.07. The van der Waals surface area contributed by atoms with E-state index in [4.69, 9.17) is 9.26 Å². The van der Waals surface area contributed by atoms with Gasteiger partial charge in [0.05, 0.1) is 11.0 Å². The second kappa shape index (κ2) is 7.55. The van der Waals surface area contributed by atoms with E-state index in [1.807, 2.05) is 13.0 Å². The molecule has 2 aromatic heterocycles. The molecule has 0 bridgehead atoms. The van der Waals surface area contributed by atoms with Crippen LogP contribution < -0.4 is 5.32 Å². The van der Waals surface area contributed by atoms with E-state index in [2.05, 4.69) is 20.4 Å². The van der Waals surface area contributed by atoms with Crippen LogP contribution in [0.4, 0.5) is 0 Å². The summed E-state index contributed by atoms with van der Waals surface area (Å²) in [5.41, 5.74) is 1.01. The van der Waals surface area contributed by atoms with E-state index in [1.54, 1.807) is 24.2 Å². The molecule has 0 spiro atoms. The van der Waals surface area contributed by atoms with Crippen molar-refractivity contribution in [2.75, 3.05) is 26.8 Å². The van der Waals surface area contributed by atoms with Crippen molar-refractivity contribution in [3.63, 3.8) is 0 Å². The van der Waals surface area contributed by atoms with Crippen molar-refractivity contribution >= 4 is 11.8 Å². The van der Waals surface area contributed by atoms with E-state index in [0.29, 0.717) is 36.8 Å². The summed E-state index contributed by atoms with van der Waals surface area (Å²) in [6.45, 7) is 4.79. The number of aryl methyl sites for hydroxylation is 2. The zero-order valence-corrected chi connectivity index (χ0v) is 16.8. The first-order valence-electron chi connectivity index (χ1n) is 9.72. The summed E-state index contributed by atoms with van der Waals surface area (Å²) in [6.07, 6.45) is 4.64. The quantitative estimate of drug-likeness (QED) is 0.799. The molecule has 29 heavy (non-hydrogen) atoms. The van der Waals surface area contributed by atoms with Gasteiger partial charge < -0.3 is 19.5 Å². The lowest BCUT2D eigenvalue weighted by atomic mass is 9.80. The van der Waals surface area contributed by atoms with E-state index in [-0.39, 0.29) is 30.4 Å². The number of carbonyl (C=O) groups is 2. The average molecular weight is 399 g/mol. The summed E-state index contributed by atoms with van der Waals surface area (Å²) in [5, 5.41) is 7.10. The summed E-state index contributed by atoms with van der Waals surface area (Å²) in [4.78, 5) is 35.5. The van der Waals surface area contributed by atoms with Crippen LogP contribution in [0.5, 0.6) is 0 Å². The van der Waals surface area contributed by atoms with Gasteiger partial charge in [0.1, 0.15) is 6.61 Å². The molecule has 0 radical (unpaired) electrons. The van der Waals surface area contributed by atoms with Gasteiger partial charge in [0.15, 0.2) is 5.82 Å². The van der Waals surface area contributed by atoms with Gasteiger partial charge in [0, 0.05) is 38.6 Å². The maximum absolute atomic E-state index is 12.8. The molecule has 1 saturated heterocycles. The Morgan fingerprint density at radius 3 is 2.93 bits per heavy atom. The van der Waals surface area contributed by atoms with Crippen molar-refractivity contribution in [2.45, 2.75) is 38.1 Å². The Balaban J connectivity index is 1.55. The van der Waals surface area contributed by atoms with Crippen LogP contribution in [0.1, 0.15) is 40.5 Å². The summed E-state index contributed by atoms with van der Waals surface area (Å²) >= 11 is 0. The number of nitrogens with zero attached hydrogens (tertiary/aromatic N) is 4. The molecule has 1 unspecified atom stereocenters. The minimum absolute atomic E-state index is 0.0426. The molecular formula is C20H25N5O4. The first-order valence-corrected chi connectivity index (χ1v) is 9.72. The van der Waals surface area contributed by atoms with Gasteiger partial charge in [-0.1, -0.05) is 5.16 Å². The number of methoxy groups -OCH3 is 1. The summed E-state index contributed by atoms with van der Waals surface area (Å²) in [7, 11) is 1.51. The summed E-state index contributed by atoms with van der Waals surface area (Å²) in [6, 6.07) is 1.78. The van der Waals surface area contributed by atoms with Crippen LogP contribution in [0, 0.1) is 19.8 Å². The number of likely N-dealkylation sites (tertiary alicyclic amines) is 1. The number of ether oxygens (including phenoxy) is 1. The largest absolute Gasteiger partial charge is 0.375 e. The summed E-state index contributed by atoms with van der Waals surface area (Å²) < 4.78 is 10.6. The Labute approximate surface area is 168 Å². The highest BCUT2D eigenvalue weighted by molar-refractivity contribution is 5.95. The molecule has 1 saturated carbocycles. The maximum Gasteiger partial charge on any atom is 0.253 e. The highest BCUT2D eigenvalue weighted by Gasteiger charge is 2.58. The summed E-state index contributed by atoms with van der Waals surface area (Å²) in [5.74, 6) is 1.05. The van der Waals surface area contributed by atoms with Crippen LogP contribution in [0.3, 0.4) is 0 Å². The lowest BCUT2D eigenvalue weighted by Crippen LogP contribution is -2.40. The number of pyridine rings is 1. The monoisotopic (exact) mass is 399 g/mol. The molecule has 9 heteroatoms. The van der Waals surface area contributed by atoms with Crippen LogP contribution in [0.15, 0.2) is 23.0 Å². The van der Waals surface area contributed by atoms with Crippen LogP contribution in [0.2, 0.25) is 0 Å². The first kappa shape index (κ1) is 19.5. The highest BCUT2D eigenvalue weighted by atomic mass is 16.5. The van der Waals surface area contributed by atoms with Crippen molar-refractivity contribution in [2.24, 2.45) is 5.92 Å². The van der Waals surface area contributed by atoms with Crippen molar-refractivity contribution < 1.29 is 18.8 Å². The SMILES string of the molecule is COCC(=O)N1CC2C[C@@H](NC(=O)c3cnccc3C)C[C@]2(c2nc(C)no2)C1. The van der Waals surface area contributed by atoms with Crippen molar-refractivity contribution in [1.82, 2.24) is 25.3 Å². The predicted octanol–water partition coefficient (Wildman–Crippen LogP) is 1.02. The molecule has 3 atom stereocenters. The first-order chi connectivity index (χ1) is 13.9. The molecule has 1 N–H and O–H groups in total. The van der Waals surface area contributed by atoms with Gasteiger partial charge in [-0.3, -0.25) is 14.6 Å². The second-order valence-corrected chi connectivity index (χ2v) is 8.01. The molecule has 4 rings (SSSR count). The van der Waals surface area contributed by atoms with Gasteiger partial charge >= 0.3 is 0 Å². The molecular weight excluding hydrogens is 374 g/mol. The van der Waals surface area contributed by atoms with E-state index in [9.17, 15) is 9.59 Å². The molecule has 154 valence electrons. The van der Waals surface area contributed by atoms with Crippen LogP contribution >= 0.6 is 0 Å². The fourth-order valence-electron chi connectivity index (χ4n) is 4.68. The molecule has 1 aliphatic heterocycles. The average Bonchev–Trinajstić information content (AvgIpc) is 3.35. The van der Waals surface area contributed by atoms with E-state index in [0.717, 1.165) is 12.0 Å². The highest BCUT2D eigenvalue weighted by Crippen LogP contribution is 2.50. The Morgan fingerprint density at radius 2 is 2.24 bits per heavy atom. The molecule has 0 aromatic carbocycles.